The molecule has 27 heavy (non-hydrogen) atoms. The van der Waals surface area contributed by atoms with Crippen LogP contribution in [0.2, 0.25) is 0 Å². The second-order valence-electron chi connectivity index (χ2n) is 6.33. The van der Waals surface area contributed by atoms with Gasteiger partial charge in [-0.2, -0.15) is 0 Å². The molecule has 7 nitrogen and oxygen atoms in total. The highest BCUT2D eigenvalue weighted by molar-refractivity contribution is 7.13. The molecule has 1 aromatic carbocycles. The number of morpholine rings is 1. The largest absolute Gasteiger partial charge is 0.448 e. The van der Waals surface area contributed by atoms with E-state index in [2.05, 4.69) is 15.2 Å². The summed E-state index contributed by atoms with van der Waals surface area (Å²) in [5, 5.41) is 3.57. The Hall–Kier alpha value is -2.45. The predicted octanol–water partition coefficient (Wildman–Crippen LogP) is 2.78. The van der Waals surface area contributed by atoms with Gasteiger partial charge in [-0.15, -0.1) is 11.3 Å². The average Bonchev–Trinajstić information content (AvgIpc) is 3.01. The Bertz CT molecular complexity index is 813. The number of rotatable bonds is 5. The highest BCUT2D eigenvalue weighted by Gasteiger charge is 2.22. The SMILES string of the molecule is Cc1nc(C)c(C(=O)OC(C)C(=O)Nc2ccc(N3CCOCC3)cc2)s1. The van der Waals surface area contributed by atoms with Crippen LogP contribution in [-0.2, 0) is 14.3 Å². The van der Waals surface area contributed by atoms with Crippen molar-refractivity contribution in [2.45, 2.75) is 26.9 Å². The van der Waals surface area contributed by atoms with Crippen molar-refractivity contribution in [1.29, 1.82) is 0 Å². The first-order valence-corrected chi connectivity index (χ1v) is 9.64. The summed E-state index contributed by atoms with van der Waals surface area (Å²) in [7, 11) is 0. The molecule has 0 spiro atoms. The molecule has 1 aliphatic heterocycles. The molecule has 1 aliphatic rings. The lowest BCUT2D eigenvalue weighted by Gasteiger charge is -2.28. The fourth-order valence-electron chi connectivity index (χ4n) is 2.81. The van der Waals surface area contributed by atoms with Gasteiger partial charge < -0.3 is 19.7 Å². The topological polar surface area (TPSA) is 80.8 Å². The highest BCUT2D eigenvalue weighted by Crippen LogP contribution is 2.21. The molecule has 1 saturated heterocycles. The molecule has 2 aromatic rings. The lowest BCUT2D eigenvalue weighted by Crippen LogP contribution is -2.36. The Kier molecular flexibility index (Phi) is 6.08. The van der Waals surface area contributed by atoms with Crippen molar-refractivity contribution < 1.29 is 19.1 Å². The molecule has 1 fully saturated rings. The van der Waals surface area contributed by atoms with Gasteiger partial charge in [-0.3, -0.25) is 4.79 Å². The number of ether oxygens (including phenoxy) is 2. The maximum Gasteiger partial charge on any atom is 0.351 e. The molecule has 144 valence electrons. The van der Waals surface area contributed by atoms with Crippen LogP contribution in [-0.4, -0.2) is 49.3 Å². The molecular formula is C19H23N3O4S. The van der Waals surface area contributed by atoms with E-state index in [4.69, 9.17) is 9.47 Å². The third-order valence-corrected chi connectivity index (χ3v) is 5.31. The van der Waals surface area contributed by atoms with Crippen molar-refractivity contribution in [1.82, 2.24) is 4.98 Å². The van der Waals surface area contributed by atoms with E-state index in [0.717, 1.165) is 37.0 Å². The minimum atomic E-state index is -0.904. The van der Waals surface area contributed by atoms with E-state index in [9.17, 15) is 9.59 Å². The summed E-state index contributed by atoms with van der Waals surface area (Å²) in [6.45, 7) is 8.29. The Labute approximate surface area is 162 Å². The van der Waals surface area contributed by atoms with Gasteiger partial charge in [-0.05, 0) is 45.0 Å². The lowest BCUT2D eigenvalue weighted by molar-refractivity contribution is -0.123. The molecule has 1 amide bonds. The lowest BCUT2D eigenvalue weighted by atomic mass is 10.2. The number of nitrogens with zero attached hydrogens (tertiary/aromatic N) is 2. The van der Waals surface area contributed by atoms with Gasteiger partial charge in [0.2, 0.25) is 0 Å². The molecule has 0 bridgehead atoms. The molecular weight excluding hydrogens is 366 g/mol. The Morgan fingerprint density at radius 1 is 1.22 bits per heavy atom. The average molecular weight is 389 g/mol. The summed E-state index contributed by atoms with van der Waals surface area (Å²) < 4.78 is 10.6. The van der Waals surface area contributed by atoms with Crippen LogP contribution in [0.3, 0.4) is 0 Å². The second-order valence-corrected chi connectivity index (χ2v) is 7.53. The zero-order valence-electron chi connectivity index (χ0n) is 15.7. The fraction of sp³-hybridized carbons (Fsp3) is 0.421. The highest BCUT2D eigenvalue weighted by atomic mass is 32.1. The minimum absolute atomic E-state index is 0.374. The van der Waals surface area contributed by atoms with Crippen LogP contribution in [0.4, 0.5) is 11.4 Å². The van der Waals surface area contributed by atoms with Crippen LogP contribution >= 0.6 is 11.3 Å². The predicted molar refractivity (Wildman–Crippen MR) is 105 cm³/mol. The first-order valence-electron chi connectivity index (χ1n) is 8.82. The Morgan fingerprint density at radius 3 is 2.48 bits per heavy atom. The summed E-state index contributed by atoms with van der Waals surface area (Å²) >= 11 is 1.26. The van der Waals surface area contributed by atoms with E-state index < -0.39 is 12.1 Å². The van der Waals surface area contributed by atoms with Crippen molar-refractivity contribution in [2.24, 2.45) is 0 Å². The third kappa shape index (κ3) is 4.84. The van der Waals surface area contributed by atoms with Crippen LogP contribution < -0.4 is 10.2 Å². The molecule has 1 aromatic heterocycles. The quantitative estimate of drug-likeness (QED) is 0.792. The number of aromatic nitrogens is 1. The molecule has 2 heterocycles. The van der Waals surface area contributed by atoms with Gasteiger partial charge in [0, 0.05) is 24.5 Å². The van der Waals surface area contributed by atoms with Gasteiger partial charge in [0.05, 0.1) is 23.9 Å². The minimum Gasteiger partial charge on any atom is -0.448 e. The Balaban J connectivity index is 1.56. The summed E-state index contributed by atoms with van der Waals surface area (Å²) in [6, 6.07) is 7.60. The van der Waals surface area contributed by atoms with Crippen molar-refractivity contribution in [3.05, 3.63) is 39.8 Å². The van der Waals surface area contributed by atoms with Gasteiger partial charge in [0.15, 0.2) is 6.10 Å². The van der Waals surface area contributed by atoms with Crippen LogP contribution in [0.5, 0.6) is 0 Å². The van der Waals surface area contributed by atoms with Crippen molar-refractivity contribution in [2.75, 3.05) is 36.5 Å². The van der Waals surface area contributed by atoms with Gasteiger partial charge in [0.1, 0.15) is 4.88 Å². The number of benzene rings is 1. The zero-order chi connectivity index (χ0) is 19.4. The van der Waals surface area contributed by atoms with Crippen LogP contribution in [0, 0.1) is 13.8 Å². The number of aryl methyl sites for hydroxylation is 2. The monoisotopic (exact) mass is 389 g/mol. The first-order chi connectivity index (χ1) is 12.9. The molecule has 0 aliphatic carbocycles. The summed E-state index contributed by atoms with van der Waals surface area (Å²) in [6.07, 6.45) is -0.904. The number of esters is 1. The van der Waals surface area contributed by atoms with Crippen molar-refractivity contribution >= 4 is 34.6 Å². The number of amides is 1. The van der Waals surface area contributed by atoms with Crippen molar-refractivity contribution in [3.8, 4) is 0 Å². The number of anilines is 2. The number of thiazole rings is 1. The number of carbonyl (C=O) groups is 2. The van der Waals surface area contributed by atoms with E-state index >= 15 is 0 Å². The fourth-order valence-corrected chi connectivity index (χ4v) is 3.61. The number of hydrogen-bond acceptors (Lipinski definition) is 7. The number of carbonyl (C=O) groups excluding carboxylic acids is 2. The van der Waals surface area contributed by atoms with Gasteiger partial charge in [0.25, 0.3) is 5.91 Å². The summed E-state index contributed by atoms with van der Waals surface area (Å²) in [4.78, 5) is 31.4. The van der Waals surface area contributed by atoms with E-state index in [1.165, 1.54) is 11.3 Å². The van der Waals surface area contributed by atoms with Gasteiger partial charge in [-0.25, -0.2) is 9.78 Å². The molecule has 0 radical (unpaired) electrons. The van der Waals surface area contributed by atoms with Crippen LogP contribution in [0.15, 0.2) is 24.3 Å². The van der Waals surface area contributed by atoms with Gasteiger partial charge in [-0.1, -0.05) is 0 Å². The molecule has 1 unspecified atom stereocenters. The van der Waals surface area contributed by atoms with Crippen LogP contribution in [0.1, 0.15) is 27.3 Å². The zero-order valence-corrected chi connectivity index (χ0v) is 16.5. The number of nitrogens with one attached hydrogen (secondary N) is 1. The maximum absolute atomic E-state index is 12.3. The third-order valence-electron chi connectivity index (χ3n) is 4.25. The normalized spacial score (nSPS) is 15.3. The van der Waals surface area contributed by atoms with E-state index in [-0.39, 0.29) is 5.91 Å². The second kappa shape index (κ2) is 8.49. The smallest absolute Gasteiger partial charge is 0.351 e. The maximum atomic E-state index is 12.3. The van der Waals surface area contributed by atoms with E-state index in [1.54, 1.807) is 13.8 Å². The number of hydrogen-bond donors (Lipinski definition) is 1. The van der Waals surface area contributed by atoms with Crippen LogP contribution in [0.25, 0.3) is 0 Å². The Morgan fingerprint density at radius 2 is 1.89 bits per heavy atom. The van der Waals surface area contributed by atoms with Gasteiger partial charge >= 0.3 is 5.97 Å². The van der Waals surface area contributed by atoms with Crippen molar-refractivity contribution in [3.63, 3.8) is 0 Å². The summed E-state index contributed by atoms with van der Waals surface area (Å²) in [5.41, 5.74) is 2.37. The molecule has 1 N–H and O–H groups in total. The molecule has 3 rings (SSSR count). The molecule has 1 atom stereocenters. The molecule has 8 heteroatoms. The molecule has 0 saturated carbocycles. The summed E-state index contributed by atoms with van der Waals surface area (Å²) in [5.74, 6) is -0.898. The standard InChI is InChI=1S/C19H23N3O4S/c1-12-17(27-14(3)20-12)19(24)26-13(2)18(23)21-15-4-6-16(7-5-15)22-8-10-25-11-9-22/h4-7,13H,8-11H2,1-3H3,(H,21,23). The van der Waals surface area contributed by atoms with E-state index in [0.29, 0.717) is 16.3 Å². The first kappa shape index (κ1) is 19.3. The van der Waals surface area contributed by atoms with E-state index in [1.807, 2.05) is 31.2 Å².